The van der Waals surface area contributed by atoms with Crippen LogP contribution in [0.5, 0.6) is 0 Å². The van der Waals surface area contributed by atoms with Crippen molar-refractivity contribution in [2.45, 2.75) is 33.6 Å². The first-order valence-corrected chi connectivity index (χ1v) is 12.6. The average molecular weight is 505 g/mol. The quantitative estimate of drug-likeness (QED) is 0.398. The van der Waals surface area contributed by atoms with Gasteiger partial charge in [0.05, 0.1) is 36.0 Å². The van der Waals surface area contributed by atoms with E-state index in [1.807, 2.05) is 61.7 Å². The fourth-order valence-electron chi connectivity index (χ4n) is 4.17. The molecule has 0 spiro atoms. The Labute approximate surface area is 214 Å². The lowest BCUT2D eigenvalue weighted by Crippen LogP contribution is -2.32. The van der Waals surface area contributed by atoms with Crippen LogP contribution in [0.15, 0.2) is 76.6 Å². The van der Waals surface area contributed by atoms with Gasteiger partial charge in [0.15, 0.2) is 5.13 Å². The number of ether oxygens (including phenoxy) is 2. The molecule has 2 N–H and O–H groups in total. The number of aromatic nitrogens is 2. The second kappa shape index (κ2) is 11.2. The minimum atomic E-state index is -0.647. The predicted molar refractivity (Wildman–Crippen MR) is 140 cm³/mol. The van der Waals surface area contributed by atoms with Gasteiger partial charge in [0.2, 0.25) is 0 Å². The third-order valence-electron chi connectivity index (χ3n) is 5.65. The lowest BCUT2D eigenvalue weighted by atomic mass is 9.80. The Bertz CT molecular complexity index is 1290. The molecule has 36 heavy (non-hydrogen) atoms. The zero-order chi connectivity index (χ0) is 25.7. The summed E-state index contributed by atoms with van der Waals surface area (Å²) in [6, 6.07) is 13.3. The molecule has 3 aromatic rings. The molecule has 0 bridgehead atoms. The van der Waals surface area contributed by atoms with Crippen LogP contribution < -0.4 is 10.6 Å². The Morgan fingerprint density at radius 2 is 1.67 bits per heavy atom. The number of anilines is 2. The molecule has 0 saturated heterocycles. The third-order valence-corrected chi connectivity index (χ3v) is 6.41. The number of thiazole rings is 1. The Kier molecular flexibility index (Phi) is 7.80. The second-order valence-electron chi connectivity index (χ2n) is 8.08. The summed E-state index contributed by atoms with van der Waals surface area (Å²) in [6.07, 6.45) is 1.73. The van der Waals surface area contributed by atoms with Crippen LogP contribution in [0.3, 0.4) is 0 Å². The maximum Gasteiger partial charge on any atom is 0.336 e. The maximum atomic E-state index is 13.0. The molecule has 0 radical (unpaired) electrons. The SMILES string of the molecule is CCOC(=O)C1=C(C)NC(C)=C(C(=O)OCC)C1c1cccc(Nc2nc(-c3ccccn3)cs2)c1. The van der Waals surface area contributed by atoms with E-state index in [4.69, 9.17) is 9.47 Å². The van der Waals surface area contributed by atoms with Crippen molar-refractivity contribution >= 4 is 34.1 Å². The molecule has 0 fully saturated rings. The predicted octanol–water partition coefficient (Wildman–Crippen LogP) is 5.31. The number of carbonyl (C=O) groups is 2. The number of nitrogens with zero attached hydrogens (tertiary/aromatic N) is 2. The molecule has 186 valence electrons. The second-order valence-corrected chi connectivity index (χ2v) is 8.94. The normalized spacial score (nSPS) is 13.9. The lowest BCUT2D eigenvalue weighted by molar-refractivity contribution is -0.139. The maximum absolute atomic E-state index is 13.0. The summed E-state index contributed by atoms with van der Waals surface area (Å²) in [5.41, 5.74) is 5.16. The van der Waals surface area contributed by atoms with Crippen molar-refractivity contribution in [2.75, 3.05) is 18.5 Å². The van der Waals surface area contributed by atoms with Gasteiger partial charge in [0.25, 0.3) is 0 Å². The first-order valence-electron chi connectivity index (χ1n) is 11.7. The monoisotopic (exact) mass is 504 g/mol. The molecule has 1 aliphatic rings. The molecule has 0 saturated carbocycles. The van der Waals surface area contributed by atoms with E-state index in [1.165, 1.54) is 11.3 Å². The summed E-state index contributed by atoms with van der Waals surface area (Å²) < 4.78 is 10.7. The highest BCUT2D eigenvalue weighted by Gasteiger charge is 2.38. The Morgan fingerprint density at radius 1 is 0.972 bits per heavy atom. The Morgan fingerprint density at radius 3 is 2.28 bits per heavy atom. The van der Waals surface area contributed by atoms with Crippen LogP contribution in [0.2, 0.25) is 0 Å². The van der Waals surface area contributed by atoms with E-state index < -0.39 is 17.9 Å². The van der Waals surface area contributed by atoms with Gasteiger partial charge in [-0.3, -0.25) is 4.98 Å². The number of esters is 2. The molecule has 0 atom stereocenters. The number of nitrogens with one attached hydrogen (secondary N) is 2. The molecule has 4 rings (SSSR count). The van der Waals surface area contributed by atoms with Gasteiger partial charge in [0, 0.05) is 28.7 Å². The summed E-state index contributed by atoms with van der Waals surface area (Å²) in [5, 5.41) is 9.14. The molecule has 0 amide bonds. The summed E-state index contributed by atoms with van der Waals surface area (Å²) >= 11 is 1.47. The number of hydrogen-bond acceptors (Lipinski definition) is 9. The first kappa shape index (κ1) is 25.1. The number of hydrogen-bond donors (Lipinski definition) is 2. The molecular formula is C27H28N4O4S. The van der Waals surface area contributed by atoms with Crippen LogP contribution in [-0.4, -0.2) is 35.1 Å². The van der Waals surface area contributed by atoms with Crippen molar-refractivity contribution in [1.29, 1.82) is 0 Å². The van der Waals surface area contributed by atoms with Crippen LogP contribution in [-0.2, 0) is 19.1 Å². The largest absolute Gasteiger partial charge is 0.463 e. The highest BCUT2D eigenvalue weighted by Crippen LogP contribution is 2.40. The average Bonchev–Trinajstić information content (AvgIpc) is 3.33. The zero-order valence-electron chi connectivity index (χ0n) is 20.6. The van der Waals surface area contributed by atoms with Crippen molar-refractivity contribution in [1.82, 2.24) is 15.3 Å². The highest BCUT2D eigenvalue weighted by molar-refractivity contribution is 7.14. The van der Waals surface area contributed by atoms with Gasteiger partial charge in [-0.1, -0.05) is 18.2 Å². The summed E-state index contributed by atoms with van der Waals surface area (Å²) in [7, 11) is 0. The van der Waals surface area contributed by atoms with E-state index in [1.54, 1.807) is 20.0 Å². The topological polar surface area (TPSA) is 102 Å². The Hall–Kier alpha value is -3.98. The van der Waals surface area contributed by atoms with E-state index in [0.717, 1.165) is 22.6 Å². The van der Waals surface area contributed by atoms with E-state index in [0.29, 0.717) is 27.7 Å². The number of allylic oxidation sites excluding steroid dienone is 2. The van der Waals surface area contributed by atoms with Gasteiger partial charge in [0.1, 0.15) is 5.69 Å². The highest BCUT2D eigenvalue weighted by atomic mass is 32.1. The molecule has 0 aliphatic carbocycles. The van der Waals surface area contributed by atoms with Crippen molar-refractivity contribution in [3.8, 4) is 11.4 Å². The lowest BCUT2D eigenvalue weighted by Gasteiger charge is -2.30. The third kappa shape index (κ3) is 5.31. The van der Waals surface area contributed by atoms with Gasteiger partial charge in [-0.05, 0) is 57.5 Å². The van der Waals surface area contributed by atoms with Crippen LogP contribution in [0.1, 0.15) is 39.2 Å². The smallest absolute Gasteiger partial charge is 0.336 e. The molecule has 1 aromatic carbocycles. The zero-order valence-corrected chi connectivity index (χ0v) is 21.4. The van der Waals surface area contributed by atoms with E-state index in [9.17, 15) is 9.59 Å². The molecule has 3 heterocycles. The minimum absolute atomic E-state index is 0.226. The van der Waals surface area contributed by atoms with Crippen LogP contribution >= 0.6 is 11.3 Å². The van der Waals surface area contributed by atoms with E-state index >= 15 is 0 Å². The van der Waals surface area contributed by atoms with Gasteiger partial charge in [-0.2, -0.15) is 0 Å². The molecule has 2 aromatic heterocycles. The first-order chi connectivity index (χ1) is 17.4. The number of rotatable bonds is 8. The minimum Gasteiger partial charge on any atom is -0.463 e. The number of carbonyl (C=O) groups excluding carboxylic acids is 2. The van der Waals surface area contributed by atoms with Gasteiger partial charge >= 0.3 is 11.9 Å². The summed E-state index contributed by atoms with van der Waals surface area (Å²) in [4.78, 5) is 35.0. The van der Waals surface area contributed by atoms with Crippen molar-refractivity contribution < 1.29 is 19.1 Å². The summed E-state index contributed by atoms with van der Waals surface area (Å²) in [6.45, 7) is 7.57. The van der Waals surface area contributed by atoms with E-state index in [-0.39, 0.29) is 13.2 Å². The van der Waals surface area contributed by atoms with E-state index in [2.05, 4.69) is 20.6 Å². The van der Waals surface area contributed by atoms with Gasteiger partial charge in [-0.25, -0.2) is 14.6 Å². The van der Waals surface area contributed by atoms with Crippen LogP contribution in [0.4, 0.5) is 10.8 Å². The number of pyridine rings is 1. The summed E-state index contributed by atoms with van der Waals surface area (Å²) in [5.74, 6) is -1.59. The fourth-order valence-corrected chi connectivity index (χ4v) is 4.89. The van der Waals surface area contributed by atoms with Gasteiger partial charge < -0.3 is 20.1 Å². The Balaban J connectivity index is 1.71. The standard InChI is InChI=1S/C27H28N4O4S/c1-5-34-25(32)22-16(3)29-17(4)23(26(33)35-6-2)24(22)18-10-9-11-19(14-18)30-27-31-21(15-36-27)20-12-7-8-13-28-20/h7-15,24,29H,5-6H2,1-4H3,(H,30,31). The van der Waals surface area contributed by atoms with Crippen molar-refractivity contribution in [3.05, 3.63) is 82.1 Å². The molecule has 8 nitrogen and oxygen atoms in total. The molecule has 0 unspecified atom stereocenters. The van der Waals surface area contributed by atoms with Gasteiger partial charge in [-0.15, -0.1) is 11.3 Å². The van der Waals surface area contributed by atoms with Crippen LogP contribution in [0.25, 0.3) is 11.4 Å². The van der Waals surface area contributed by atoms with Crippen molar-refractivity contribution in [3.63, 3.8) is 0 Å². The number of benzene rings is 1. The molecule has 9 heteroatoms. The number of dihydropyridines is 1. The van der Waals surface area contributed by atoms with Crippen LogP contribution in [0, 0.1) is 0 Å². The molecular weight excluding hydrogens is 476 g/mol. The fraction of sp³-hybridized carbons (Fsp3) is 0.259. The van der Waals surface area contributed by atoms with Crippen molar-refractivity contribution in [2.24, 2.45) is 0 Å². The molecule has 1 aliphatic heterocycles.